The van der Waals surface area contributed by atoms with Crippen molar-refractivity contribution in [1.82, 2.24) is 14.7 Å². The third-order valence-corrected chi connectivity index (χ3v) is 6.22. The van der Waals surface area contributed by atoms with Crippen molar-refractivity contribution in [2.24, 2.45) is 0 Å². The topological polar surface area (TPSA) is 128 Å². The molecule has 0 spiro atoms. The average molecular weight is 446 g/mol. The first kappa shape index (κ1) is 21.2. The first-order valence-corrected chi connectivity index (χ1v) is 11.3. The molecule has 8 nitrogen and oxygen atoms in total. The number of para-hydroxylation sites is 2. The van der Waals surface area contributed by atoms with Gasteiger partial charge in [-0.15, -0.1) is 0 Å². The fraction of sp³-hybridized carbons (Fsp3) is 0.0870. The maximum Gasteiger partial charge on any atom is 0.255 e. The first-order valence-electron chi connectivity index (χ1n) is 9.79. The summed E-state index contributed by atoms with van der Waals surface area (Å²) in [4.78, 5) is 20.5. The average Bonchev–Trinajstić information content (AvgIpc) is 3.24. The van der Waals surface area contributed by atoms with Gasteiger partial charge in [-0.2, -0.15) is 5.26 Å². The standard InChI is InChI=1S/C23H19N5O3S/c24-13-4-14-25-32(30,31)19-11-9-16(10-12-19)23(29)26-18-6-3-5-17(15-18)22-27-20-7-1-2-8-21(20)28-22/h1-3,5-12,15,25H,4,14H2,(H,26,29)(H,27,28). The molecule has 1 aromatic heterocycles. The number of nitriles is 1. The monoisotopic (exact) mass is 445 g/mol. The molecule has 0 atom stereocenters. The molecule has 1 amide bonds. The Morgan fingerprint density at radius 2 is 1.81 bits per heavy atom. The molecule has 9 heteroatoms. The van der Waals surface area contributed by atoms with E-state index in [1.807, 2.05) is 48.5 Å². The van der Waals surface area contributed by atoms with E-state index in [9.17, 15) is 13.2 Å². The highest BCUT2D eigenvalue weighted by Gasteiger charge is 2.15. The van der Waals surface area contributed by atoms with Gasteiger partial charge in [0.1, 0.15) is 5.82 Å². The molecule has 3 N–H and O–H groups in total. The van der Waals surface area contributed by atoms with Gasteiger partial charge in [-0.3, -0.25) is 4.79 Å². The fourth-order valence-corrected chi connectivity index (χ4v) is 4.18. The molecule has 32 heavy (non-hydrogen) atoms. The molecule has 0 unspecified atom stereocenters. The summed E-state index contributed by atoms with van der Waals surface area (Å²) in [6.45, 7) is 0.0304. The number of H-pyrrole nitrogens is 1. The number of benzene rings is 3. The van der Waals surface area contributed by atoms with Crippen LogP contribution in [0.25, 0.3) is 22.4 Å². The Labute approximate surface area is 185 Å². The van der Waals surface area contributed by atoms with Crippen molar-refractivity contribution in [3.05, 3.63) is 78.4 Å². The van der Waals surface area contributed by atoms with E-state index in [1.54, 1.807) is 6.07 Å². The van der Waals surface area contributed by atoms with E-state index < -0.39 is 10.0 Å². The van der Waals surface area contributed by atoms with E-state index >= 15 is 0 Å². The van der Waals surface area contributed by atoms with Crippen LogP contribution in [0.3, 0.4) is 0 Å². The normalized spacial score (nSPS) is 11.2. The predicted octanol–water partition coefficient (Wildman–Crippen LogP) is 3.67. The minimum Gasteiger partial charge on any atom is -0.338 e. The van der Waals surface area contributed by atoms with Crippen molar-refractivity contribution in [1.29, 1.82) is 5.26 Å². The highest BCUT2D eigenvalue weighted by Crippen LogP contribution is 2.23. The number of fused-ring (bicyclic) bond motifs is 1. The number of carbonyl (C=O) groups is 1. The number of rotatable bonds is 7. The number of sulfonamides is 1. The molecule has 1 heterocycles. The molecule has 0 fully saturated rings. The summed E-state index contributed by atoms with van der Waals surface area (Å²) in [5.74, 6) is 0.328. The van der Waals surface area contributed by atoms with Crippen LogP contribution in [-0.4, -0.2) is 30.8 Å². The number of anilines is 1. The Morgan fingerprint density at radius 3 is 2.56 bits per heavy atom. The zero-order valence-corrected chi connectivity index (χ0v) is 17.7. The summed E-state index contributed by atoms with van der Waals surface area (Å²) in [5.41, 5.74) is 3.50. The highest BCUT2D eigenvalue weighted by molar-refractivity contribution is 7.89. The van der Waals surface area contributed by atoms with Gasteiger partial charge in [-0.05, 0) is 48.5 Å². The molecule has 160 valence electrons. The molecule has 3 aromatic carbocycles. The minimum absolute atomic E-state index is 0.0267. The van der Waals surface area contributed by atoms with Gasteiger partial charge in [-0.1, -0.05) is 24.3 Å². The minimum atomic E-state index is -3.72. The zero-order valence-electron chi connectivity index (χ0n) is 16.9. The van der Waals surface area contributed by atoms with Crippen LogP contribution in [0.15, 0.2) is 77.7 Å². The number of hydrogen-bond donors (Lipinski definition) is 3. The van der Waals surface area contributed by atoms with Crippen LogP contribution in [0.1, 0.15) is 16.8 Å². The van der Waals surface area contributed by atoms with Gasteiger partial charge in [0.15, 0.2) is 0 Å². The number of carbonyl (C=O) groups excluding carboxylic acids is 1. The summed E-state index contributed by atoms with van der Waals surface area (Å²) in [6.07, 6.45) is 0.0762. The Hall–Kier alpha value is -4.00. The van der Waals surface area contributed by atoms with Crippen molar-refractivity contribution in [3.63, 3.8) is 0 Å². The summed E-state index contributed by atoms with van der Waals surface area (Å²) in [7, 11) is -3.72. The third-order valence-electron chi connectivity index (χ3n) is 4.74. The number of aromatic amines is 1. The van der Waals surface area contributed by atoms with Gasteiger partial charge in [0.25, 0.3) is 5.91 Å². The van der Waals surface area contributed by atoms with Crippen LogP contribution in [0.4, 0.5) is 5.69 Å². The maximum atomic E-state index is 12.6. The second-order valence-corrected chi connectivity index (χ2v) is 8.73. The van der Waals surface area contributed by atoms with E-state index in [1.165, 1.54) is 24.3 Å². The quantitative estimate of drug-likeness (QED) is 0.374. The van der Waals surface area contributed by atoms with Gasteiger partial charge >= 0.3 is 0 Å². The van der Waals surface area contributed by atoms with E-state index in [0.29, 0.717) is 17.1 Å². The largest absolute Gasteiger partial charge is 0.338 e. The lowest BCUT2D eigenvalue weighted by atomic mass is 10.1. The second kappa shape index (κ2) is 9.01. The lowest BCUT2D eigenvalue weighted by molar-refractivity contribution is 0.102. The second-order valence-electron chi connectivity index (χ2n) is 6.97. The van der Waals surface area contributed by atoms with E-state index in [0.717, 1.165) is 16.6 Å². The van der Waals surface area contributed by atoms with Crippen LogP contribution in [-0.2, 0) is 10.0 Å². The number of imidazole rings is 1. The summed E-state index contributed by atoms with van der Waals surface area (Å²) < 4.78 is 26.7. The number of aromatic nitrogens is 2. The molecule has 0 saturated carbocycles. The predicted molar refractivity (Wildman–Crippen MR) is 121 cm³/mol. The Balaban J connectivity index is 1.48. The number of nitrogens with one attached hydrogen (secondary N) is 3. The number of amides is 1. The van der Waals surface area contributed by atoms with E-state index in [-0.39, 0.29) is 23.8 Å². The molecule has 0 aliphatic carbocycles. The molecule has 0 bridgehead atoms. The SMILES string of the molecule is N#CCCNS(=O)(=O)c1ccc(C(=O)Nc2cccc(-c3nc4ccccc4[nH]3)c2)cc1. The Morgan fingerprint density at radius 1 is 1.03 bits per heavy atom. The van der Waals surface area contributed by atoms with Crippen molar-refractivity contribution < 1.29 is 13.2 Å². The van der Waals surface area contributed by atoms with Gasteiger partial charge in [-0.25, -0.2) is 18.1 Å². The van der Waals surface area contributed by atoms with Crippen molar-refractivity contribution in [3.8, 4) is 17.5 Å². The van der Waals surface area contributed by atoms with Gasteiger partial charge < -0.3 is 10.3 Å². The van der Waals surface area contributed by atoms with Gasteiger partial charge in [0.2, 0.25) is 10.0 Å². The Bertz CT molecular complexity index is 1390. The van der Waals surface area contributed by atoms with Gasteiger partial charge in [0, 0.05) is 29.8 Å². The Kier molecular flexibility index (Phi) is 5.98. The first-order chi connectivity index (χ1) is 15.5. The number of hydrogen-bond acceptors (Lipinski definition) is 5. The molecule has 4 aromatic rings. The van der Waals surface area contributed by atoms with Crippen LogP contribution in [0.5, 0.6) is 0 Å². The zero-order chi connectivity index (χ0) is 22.6. The molecule has 0 aliphatic heterocycles. The molecule has 4 rings (SSSR count). The maximum absolute atomic E-state index is 12.6. The summed E-state index contributed by atoms with van der Waals surface area (Å²) in [6, 6.07) is 22.5. The van der Waals surface area contributed by atoms with Crippen LogP contribution in [0, 0.1) is 11.3 Å². The third kappa shape index (κ3) is 4.67. The fourth-order valence-electron chi connectivity index (χ4n) is 3.15. The molecule has 0 aliphatic rings. The van der Waals surface area contributed by atoms with E-state index in [4.69, 9.17) is 5.26 Å². The highest BCUT2D eigenvalue weighted by atomic mass is 32.2. The van der Waals surface area contributed by atoms with Crippen molar-refractivity contribution >= 4 is 32.7 Å². The molecular weight excluding hydrogens is 426 g/mol. The van der Waals surface area contributed by atoms with E-state index in [2.05, 4.69) is 20.0 Å². The van der Waals surface area contributed by atoms with Crippen LogP contribution < -0.4 is 10.0 Å². The lowest BCUT2D eigenvalue weighted by Crippen LogP contribution is -2.24. The lowest BCUT2D eigenvalue weighted by Gasteiger charge is -2.08. The summed E-state index contributed by atoms with van der Waals surface area (Å²) in [5, 5.41) is 11.4. The van der Waals surface area contributed by atoms with Crippen molar-refractivity contribution in [2.45, 2.75) is 11.3 Å². The summed E-state index contributed by atoms with van der Waals surface area (Å²) >= 11 is 0. The number of nitrogens with zero attached hydrogens (tertiary/aromatic N) is 2. The molecule has 0 saturated heterocycles. The van der Waals surface area contributed by atoms with Crippen LogP contribution in [0.2, 0.25) is 0 Å². The molecular formula is C23H19N5O3S. The van der Waals surface area contributed by atoms with Gasteiger partial charge in [0.05, 0.1) is 22.0 Å². The van der Waals surface area contributed by atoms with Crippen molar-refractivity contribution in [2.75, 3.05) is 11.9 Å². The molecule has 0 radical (unpaired) electrons. The van der Waals surface area contributed by atoms with Crippen LogP contribution >= 0.6 is 0 Å². The smallest absolute Gasteiger partial charge is 0.255 e.